The fourth-order valence-corrected chi connectivity index (χ4v) is 0.841. The Bertz CT molecular complexity index is 237. The molecule has 64 valence electrons. The van der Waals surface area contributed by atoms with E-state index in [1.54, 1.807) is 24.3 Å². The van der Waals surface area contributed by atoms with Crippen LogP contribution >= 0.6 is 0 Å². The van der Waals surface area contributed by atoms with Crippen LogP contribution in [0, 0.1) is 0 Å². The predicted octanol–water partition coefficient (Wildman–Crippen LogP) is -0.660. The van der Waals surface area contributed by atoms with E-state index in [0.717, 1.165) is 5.69 Å². The summed E-state index contributed by atoms with van der Waals surface area (Å²) < 4.78 is 0. The Hall–Kier alpha value is -1.04. The van der Waals surface area contributed by atoms with Gasteiger partial charge in [-0.3, -0.25) is 10.3 Å². The van der Waals surface area contributed by atoms with Crippen molar-refractivity contribution in [2.75, 3.05) is 12.6 Å². The van der Waals surface area contributed by atoms with Gasteiger partial charge in [-0.1, -0.05) is 12.1 Å². The molecule has 0 unspecified atom stereocenters. The number of benzene rings is 1. The van der Waals surface area contributed by atoms with Crippen molar-refractivity contribution in [3.8, 4) is 0 Å². The third kappa shape index (κ3) is 2.23. The molecular formula is C7H10BNO3. The summed E-state index contributed by atoms with van der Waals surface area (Å²) >= 11 is 0. The molecule has 0 aliphatic rings. The largest absolute Gasteiger partial charge is 0.488 e. The van der Waals surface area contributed by atoms with Gasteiger partial charge in [-0.15, -0.1) is 0 Å². The van der Waals surface area contributed by atoms with E-state index >= 15 is 0 Å². The summed E-state index contributed by atoms with van der Waals surface area (Å²) in [6.45, 7) is 0. The number of rotatable bonds is 3. The Morgan fingerprint density at radius 1 is 1.25 bits per heavy atom. The van der Waals surface area contributed by atoms with Crippen LogP contribution in [0.4, 0.5) is 5.69 Å². The number of nitrogens with one attached hydrogen (secondary N) is 1. The van der Waals surface area contributed by atoms with Crippen molar-refractivity contribution in [2.24, 2.45) is 0 Å². The summed E-state index contributed by atoms with van der Waals surface area (Å²) in [6.07, 6.45) is 0. The fourth-order valence-electron chi connectivity index (χ4n) is 0.841. The van der Waals surface area contributed by atoms with Crippen molar-refractivity contribution in [3.05, 3.63) is 24.3 Å². The second kappa shape index (κ2) is 4.11. The van der Waals surface area contributed by atoms with Gasteiger partial charge in [0, 0.05) is 0 Å². The summed E-state index contributed by atoms with van der Waals surface area (Å²) in [5.74, 6) is 0. The monoisotopic (exact) mass is 167 g/mol. The van der Waals surface area contributed by atoms with E-state index in [9.17, 15) is 0 Å². The molecule has 3 N–H and O–H groups in total. The quantitative estimate of drug-likeness (QED) is 0.413. The highest BCUT2D eigenvalue weighted by molar-refractivity contribution is 6.58. The number of anilines is 1. The third-order valence-electron chi connectivity index (χ3n) is 1.43. The average Bonchev–Trinajstić information content (AvgIpc) is 2.06. The second-order valence-electron chi connectivity index (χ2n) is 2.30. The van der Waals surface area contributed by atoms with Crippen LogP contribution in [0.5, 0.6) is 0 Å². The summed E-state index contributed by atoms with van der Waals surface area (Å²) in [4.78, 5) is 4.65. The maximum Gasteiger partial charge on any atom is 0.488 e. The molecule has 0 spiro atoms. The fraction of sp³-hybridized carbons (Fsp3) is 0.143. The van der Waals surface area contributed by atoms with E-state index in [2.05, 4.69) is 10.3 Å². The summed E-state index contributed by atoms with van der Waals surface area (Å²) in [6, 6.07) is 6.59. The summed E-state index contributed by atoms with van der Waals surface area (Å²) in [5, 5.41) is 17.5. The van der Waals surface area contributed by atoms with Crippen LogP contribution in [0.15, 0.2) is 24.3 Å². The van der Waals surface area contributed by atoms with Crippen LogP contribution in [-0.4, -0.2) is 24.3 Å². The highest BCUT2D eigenvalue weighted by Gasteiger charge is 2.09. The van der Waals surface area contributed by atoms with E-state index in [-0.39, 0.29) is 0 Å². The smallest absolute Gasteiger partial charge is 0.423 e. The first-order chi connectivity index (χ1) is 5.74. The van der Waals surface area contributed by atoms with Gasteiger partial charge < -0.3 is 10.0 Å². The first-order valence-corrected chi connectivity index (χ1v) is 3.49. The average molecular weight is 167 g/mol. The Morgan fingerprint density at radius 2 is 1.83 bits per heavy atom. The van der Waals surface area contributed by atoms with Crippen molar-refractivity contribution in [1.29, 1.82) is 0 Å². The third-order valence-corrected chi connectivity index (χ3v) is 1.43. The van der Waals surface area contributed by atoms with Crippen molar-refractivity contribution < 1.29 is 14.9 Å². The lowest BCUT2D eigenvalue weighted by molar-refractivity contribution is 0.271. The molecule has 0 aliphatic carbocycles. The normalized spacial score (nSPS) is 9.58. The molecule has 0 aromatic heterocycles. The van der Waals surface area contributed by atoms with Crippen LogP contribution in [0.2, 0.25) is 0 Å². The standard InChI is InChI=1S/C7H10BNO3/c1-12-9-7-4-2-6(3-5-7)8(10)11/h2-5,9-11H,1H3. The van der Waals surface area contributed by atoms with Crippen LogP contribution < -0.4 is 10.9 Å². The van der Waals surface area contributed by atoms with Gasteiger partial charge in [0.05, 0.1) is 12.8 Å². The van der Waals surface area contributed by atoms with Crippen molar-refractivity contribution >= 4 is 18.3 Å². The predicted molar refractivity (Wildman–Crippen MR) is 46.9 cm³/mol. The van der Waals surface area contributed by atoms with E-state index in [1.807, 2.05) is 0 Å². The van der Waals surface area contributed by atoms with Crippen molar-refractivity contribution in [1.82, 2.24) is 0 Å². The van der Waals surface area contributed by atoms with E-state index < -0.39 is 7.12 Å². The molecule has 0 saturated heterocycles. The van der Waals surface area contributed by atoms with Crippen molar-refractivity contribution in [2.45, 2.75) is 0 Å². The van der Waals surface area contributed by atoms with E-state index in [4.69, 9.17) is 10.0 Å². The molecule has 0 radical (unpaired) electrons. The molecular weight excluding hydrogens is 157 g/mol. The molecule has 0 fully saturated rings. The van der Waals surface area contributed by atoms with E-state index in [1.165, 1.54) is 7.11 Å². The second-order valence-corrected chi connectivity index (χ2v) is 2.30. The molecule has 5 heteroatoms. The van der Waals surface area contributed by atoms with Gasteiger partial charge >= 0.3 is 7.12 Å². The minimum absolute atomic E-state index is 0.455. The topological polar surface area (TPSA) is 61.7 Å². The zero-order chi connectivity index (χ0) is 8.97. The first-order valence-electron chi connectivity index (χ1n) is 3.49. The maximum atomic E-state index is 8.75. The molecule has 1 aromatic carbocycles. The van der Waals surface area contributed by atoms with Gasteiger partial charge in [-0.2, -0.15) is 0 Å². The Kier molecular flexibility index (Phi) is 3.10. The molecule has 0 saturated carbocycles. The van der Waals surface area contributed by atoms with Gasteiger partial charge in [0.15, 0.2) is 0 Å². The zero-order valence-corrected chi connectivity index (χ0v) is 6.69. The number of hydrogen-bond acceptors (Lipinski definition) is 4. The molecule has 0 aliphatic heterocycles. The molecule has 0 amide bonds. The van der Waals surface area contributed by atoms with Crippen LogP contribution in [0.1, 0.15) is 0 Å². The van der Waals surface area contributed by atoms with E-state index in [0.29, 0.717) is 5.46 Å². The molecule has 0 heterocycles. The van der Waals surface area contributed by atoms with Crippen molar-refractivity contribution in [3.63, 3.8) is 0 Å². The van der Waals surface area contributed by atoms with Gasteiger partial charge in [-0.05, 0) is 17.6 Å². The Morgan fingerprint density at radius 3 is 2.25 bits per heavy atom. The number of hydrogen-bond donors (Lipinski definition) is 3. The maximum absolute atomic E-state index is 8.75. The van der Waals surface area contributed by atoms with Crippen LogP contribution in [0.3, 0.4) is 0 Å². The van der Waals surface area contributed by atoms with Gasteiger partial charge in [0.1, 0.15) is 0 Å². The lowest BCUT2D eigenvalue weighted by atomic mass is 9.80. The van der Waals surface area contributed by atoms with Gasteiger partial charge in [0.25, 0.3) is 0 Å². The van der Waals surface area contributed by atoms with Crippen LogP contribution in [0.25, 0.3) is 0 Å². The molecule has 0 atom stereocenters. The SMILES string of the molecule is CONc1ccc(B(O)O)cc1. The highest BCUT2D eigenvalue weighted by atomic mass is 16.6. The van der Waals surface area contributed by atoms with Gasteiger partial charge in [-0.25, -0.2) is 0 Å². The lowest BCUT2D eigenvalue weighted by Gasteiger charge is -2.03. The molecule has 1 rings (SSSR count). The first kappa shape index (κ1) is 9.06. The minimum Gasteiger partial charge on any atom is -0.423 e. The van der Waals surface area contributed by atoms with Crippen LogP contribution in [-0.2, 0) is 4.84 Å². The molecule has 0 bridgehead atoms. The van der Waals surface area contributed by atoms with Gasteiger partial charge in [0.2, 0.25) is 0 Å². The zero-order valence-electron chi connectivity index (χ0n) is 6.69. The summed E-state index contributed by atoms with van der Waals surface area (Å²) in [5.41, 5.74) is 3.83. The Balaban J connectivity index is 2.71. The molecule has 12 heavy (non-hydrogen) atoms. The minimum atomic E-state index is -1.42. The Labute approximate surface area is 70.9 Å². The lowest BCUT2D eigenvalue weighted by Crippen LogP contribution is -2.29. The summed E-state index contributed by atoms with van der Waals surface area (Å²) in [7, 11) is 0.0935. The molecule has 1 aromatic rings. The molecule has 4 nitrogen and oxygen atoms in total. The highest BCUT2D eigenvalue weighted by Crippen LogP contribution is 2.02.